The van der Waals surface area contributed by atoms with Crippen molar-refractivity contribution in [2.75, 3.05) is 18.6 Å². The average Bonchev–Trinajstić information content (AvgIpc) is 2.56. The van der Waals surface area contributed by atoms with E-state index in [1.54, 1.807) is 0 Å². The van der Waals surface area contributed by atoms with E-state index in [1.165, 1.54) is 16.8 Å². The summed E-state index contributed by atoms with van der Waals surface area (Å²) < 4.78 is 0. The smallest absolute Gasteiger partial charge is 0.0602 e. The van der Waals surface area contributed by atoms with Gasteiger partial charge in [-0.1, -0.05) is 18.2 Å². The minimum Gasteiger partial charge on any atom is -0.395 e. The molecule has 2 unspecified atom stereocenters. The van der Waals surface area contributed by atoms with Crippen molar-refractivity contribution < 1.29 is 5.11 Å². The average molecular weight is 206 g/mol. The molecule has 2 atom stereocenters. The van der Waals surface area contributed by atoms with E-state index in [0.29, 0.717) is 0 Å². The molecule has 82 valence electrons. The Hall–Kier alpha value is -1.06. The van der Waals surface area contributed by atoms with Gasteiger partial charge in [-0.25, -0.2) is 0 Å². The number of nitrogens with zero attached hydrogens (tertiary/aromatic N) is 1. The molecule has 0 amide bonds. The highest BCUT2D eigenvalue weighted by molar-refractivity contribution is 5.64. The Morgan fingerprint density at radius 2 is 2.33 bits per heavy atom. The minimum absolute atomic E-state index is 0.0437. The lowest BCUT2D eigenvalue weighted by molar-refractivity contribution is 0.249. The van der Waals surface area contributed by atoms with Crippen LogP contribution in [0.3, 0.4) is 0 Å². The molecule has 1 heterocycles. The van der Waals surface area contributed by atoms with Gasteiger partial charge < -0.3 is 15.7 Å². The summed E-state index contributed by atoms with van der Waals surface area (Å²) in [5, 5.41) is 9.11. The van der Waals surface area contributed by atoms with Gasteiger partial charge in [0.2, 0.25) is 0 Å². The third-order valence-electron chi connectivity index (χ3n) is 3.31. The van der Waals surface area contributed by atoms with Gasteiger partial charge >= 0.3 is 0 Å². The summed E-state index contributed by atoms with van der Waals surface area (Å²) in [6, 6.07) is 6.40. The number of para-hydroxylation sites is 1. The van der Waals surface area contributed by atoms with E-state index in [-0.39, 0.29) is 18.7 Å². The van der Waals surface area contributed by atoms with Crippen LogP contribution in [-0.2, 0) is 6.42 Å². The van der Waals surface area contributed by atoms with E-state index in [2.05, 4.69) is 37.1 Å². The Morgan fingerprint density at radius 3 is 2.93 bits per heavy atom. The molecule has 0 saturated carbocycles. The first-order valence-corrected chi connectivity index (χ1v) is 5.33. The molecular formula is C12H18N2O. The third-order valence-corrected chi connectivity index (χ3v) is 3.31. The maximum Gasteiger partial charge on any atom is 0.0602 e. The Kier molecular flexibility index (Phi) is 2.67. The number of anilines is 1. The summed E-state index contributed by atoms with van der Waals surface area (Å²) in [7, 11) is 2.05. The number of rotatable bonds is 2. The zero-order chi connectivity index (χ0) is 11.0. The SMILES string of the molecule is Cc1cccc2c1N(C)C(C(N)CO)C2. The summed E-state index contributed by atoms with van der Waals surface area (Å²) in [6.07, 6.45) is 0.940. The second-order valence-corrected chi connectivity index (χ2v) is 4.31. The van der Waals surface area contributed by atoms with Crippen molar-refractivity contribution in [2.24, 2.45) is 5.73 Å². The van der Waals surface area contributed by atoms with Crippen molar-refractivity contribution in [2.45, 2.75) is 25.4 Å². The zero-order valence-corrected chi connectivity index (χ0v) is 9.27. The van der Waals surface area contributed by atoms with E-state index >= 15 is 0 Å². The number of hydrogen-bond donors (Lipinski definition) is 2. The van der Waals surface area contributed by atoms with Crippen molar-refractivity contribution >= 4 is 5.69 Å². The highest BCUT2D eigenvalue weighted by Crippen LogP contribution is 2.34. The predicted molar refractivity (Wildman–Crippen MR) is 62.1 cm³/mol. The van der Waals surface area contributed by atoms with E-state index in [0.717, 1.165) is 6.42 Å². The summed E-state index contributed by atoms with van der Waals surface area (Å²) in [5.74, 6) is 0. The van der Waals surface area contributed by atoms with Crippen LogP contribution in [0, 0.1) is 6.92 Å². The van der Waals surface area contributed by atoms with Crippen LogP contribution in [-0.4, -0.2) is 30.8 Å². The normalized spacial score (nSPS) is 21.6. The van der Waals surface area contributed by atoms with Crippen LogP contribution in [0.4, 0.5) is 5.69 Å². The Balaban J connectivity index is 2.33. The van der Waals surface area contributed by atoms with Crippen molar-refractivity contribution in [1.29, 1.82) is 0 Å². The van der Waals surface area contributed by atoms with E-state index < -0.39 is 0 Å². The zero-order valence-electron chi connectivity index (χ0n) is 9.27. The summed E-state index contributed by atoms with van der Waals surface area (Å²) >= 11 is 0. The highest BCUT2D eigenvalue weighted by atomic mass is 16.3. The minimum atomic E-state index is -0.165. The van der Waals surface area contributed by atoms with Crippen LogP contribution >= 0.6 is 0 Å². The van der Waals surface area contributed by atoms with Gasteiger partial charge in [-0.15, -0.1) is 0 Å². The first-order chi connectivity index (χ1) is 7.15. The largest absolute Gasteiger partial charge is 0.395 e. The Bertz CT molecular complexity index is 365. The molecule has 0 bridgehead atoms. The van der Waals surface area contributed by atoms with Gasteiger partial charge in [0.25, 0.3) is 0 Å². The Labute approximate surface area is 90.5 Å². The fraction of sp³-hybridized carbons (Fsp3) is 0.500. The van der Waals surface area contributed by atoms with Gasteiger partial charge in [-0.05, 0) is 24.5 Å². The predicted octanol–water partition coefficient (Wildman–Crippen LogP) is 0.676. The highest BCUT2D eigenvalue weighted by Gasteiger charge is 2.31. The number of likely N-dealkylation sites (N-methyl/N-ethyl adjacent to an activating group) is 1. The molecule has 1 aliphatic rings. The molecule has 0 radical (unpaired) electrons. The van der Waals surface area contributed by atoms with Crippen LogP contribution in [0.1, 0.15) is 11.1 Å². The molecule has 0 aromatic heterocycles. The fourth-order valence-electron chi connectivity index (χ4n) is 2.48. The van der Waals surface area contributed by atoms with Gasteiger partial charge in [-0.3, -0.25) is 0 Å². The number of aliphatic hydroxyl groups excluding tert-OH is 1. The lowest BCUT2D eigenvalue weighted by Gasteiger charge is -2.27. The van der Waals surface area contributed by atoms with Crippen LogP contribution in [0.25, 0.3) is 0 Å². The van der Waals surface area contributed by atoms with Gasteiger partial charge in [0, 0.05) is 18.8 Å². The van der Waals surface area contributed by atoms with E-state index in [9.17, 15) is 0 Å². The van der Waals surface area contributed by atoms with Gasteiger partial charge in [0.1, 0.15) is 0 Å². The Morgan fingerprint density at radius 1 is 1.60 bits per heavy atom. The number of nitrogens with two attached hydrogens (primary N) is 1. The molecule has 3 nitrogen and oxygen atoms in total. The molecule has 0 saturated heterocycles. The molecule has 0 aliphatic carbocycles. The van der Waals surface area contributed by atoms with Crippen molar-refractivity contribution in [1.82, 2.24) is 0 Å². The van der Waals surface area contributed by atoms with Crippen LogP contribution < -0.4 is 10.6 Å². The molecule has 3 heteroatoms. The quantitative estimate of drug-likeness (QED) is 0.748. The first kappa shape index (κ1) is 10.5. The number of benzene rings is 1. The van der Waals surface area contributed by atoms with E-state index in [4.69, 9.17) is 10.8 Å². The molecule has 15 heavy (non-hydrogen) atoms. The topological polar surface area (TPSA) is 49.5 Å². The molecule has 2 rings (SSSR count). The summed E-state index contributed by atoms with van der Waals surface area (Å²) in [5.41, 5.74) is 9.81. The summed E-state index contributed by atoms with van der Waals surface area (Å²) in [4.78, 5) is 2.20. The second-order valence-electron chi connectivity index (χ2n) is 4.31. The number of aliphatic hydroxyl groups is 1. The maximum absolute atomic E-state index is 9.11. The van der Waals surface area contributed by atoms with Gasteiger partial charge in [-0.2, -0.15) is 0 Å². The van der Waals surface area contributed by atoms with Crippen LogP contribution in [0.2, 0.25) is 0 Å². The lowest BCUT2D eigenvalue weighted by Crippen LogP contribution is -2.46. The molecule has 0 spiro atoms. The standard InChI is InChI=1S/C12H18N2O/c1-8-4-3-5-9-6-11(10(13)7-15)14(2)12(8)9/h3-5,10-11,15H,6-7,13H2,1-2H3. The lowest BCUT2D eigenvalue weighted by atomic mass is 10.0. The van der Waals surface area contributed by atoms with Crippen molar-refractivity contribution in [3.63, 3.8) is 0 Å². The van der Waals surface area contributed by atoms with Crippen LogP contribution in [0.5, 0.6) is 0 Å². The van der Waals surface area contributed by atoms with Crippen molar-refractivity contribution in [3.05, 3.63) is 29.3 Å². The van der Waals surface area contributed by atoms with E-state index in [1.807, 2.05) is 0 Å². The second kappa shape index (κ2) is 3.83. The monoisotopic (exact) mass is 206 g/mol. The molecular weight excluding hydrogens is 188 g/mol. The van der Waals surface area contributed by atoms with Crippen LogP contribution in [0.15, 0.2) is 18.2 Å². The fourth-order valence-corrected chi connectivity index (χ4v) is 2.48. The number of fused-ring (bicyclic) bond motifs is 1. The summed E-state index contributed by atoms with van der Waals surface area (Å²) in [6.45, 7) is 2.16. The molecule has 1 aromatic rings. The molecule has 1 aromatic carbocycles. The maximum atomic E-state index is 9.11. The number of aryl methyl sites for hydroxylation is 1. The van der Waals surface area contributed by atoms with Crippen molar-refractivity contribution in [3.8, 4) is 0 Å². The third kappa shape index (κ3) is 1.62. The number of hydrogen-bond acceptors (Lipinski definition) is 3. The first-order valence-electron chi connectivity index (χ1n) is 5.33. The van der Waals surface area contributed by atoms with Gasteiger partial charge in [0.05, 0.1) is 12.6 Å². The molecule has 3 N–H and O–H groups in total. The molecule has 0 fully saturated rings. The molecule has 1 aliphatic heterocycles. The van der Waals surface area contributed by atoms with Gasteiger partial charge in [0.15, 0.2) is 0 Å².